The predicted molar refractivity (Wildman–Crippen MR) is 137 cm³/mol. The molecule has 4 N–H and O–H groups in total. The highest BCUT2D eigenvalue weighted by Crippen LogP contribution is 2.41. The zero-order valence-electron chi connectivity index (χ0n) is 19.6. The van der Waals surface area contributed by atoms with Gasteiger partial charge in [-0.1, -0.05) is 31.5 Å². The van der Waals surface area contributed by atoms with Gasteiger partial charge in [0, 0.05) is 28.9 Å². The molecule has 1 aliphatic heterocycles. The van der Waals surface area contributed by atoms with Crippen LogP contribution in [0.25, 0.3) is 11.6 Å². The highest BCUT2D eigenvalue weighted by atomic mass is 32.2. The van der Waals surface area contributed by atoms with Crippen molar-refractivity contribution in [1.29, 1.82) is 0 Å². The molecule has 0 bridgehead atoms. The van der Waals surface area contributed by atoms with Gasteiger partial charge in [0.15, 0.2) is 0 Å². The van der Waals surface area contributed by atoms with E-state index in [1.807, 2.05) is 30.3 Å². The van der Waals surface area contributed by atoms with Crippen LogP contribution in [-0.4, -0.2) is 14.3 Å². The molecule has 35 heavy (non-hydrogen) atoms. The van der Waals surface area contributed by atoms with Crippen molar-refractivity contribution in [2.24, 2.45) is 5.14 Å². The molecule has 2 aliphatic rings. The quantitative estimate of drug-likeness (QED) is 0.391. The van der Waals surface area contributed by atoms with E-state index in [1.54, 1.807) is 12.1 Å². The van der Waals surface area contributed by atoms with Crippen LogP contribution in [0.5, 0.6) is 0 Å². The number of amides is 1. The number of hydrogen-bond donors (Lipinski definition) is 3. The molecule has 5 rings (SSSR count). The Balaban J connectivity index is 1.64. The maximum atomic E-state index is 12.9. The number of hydrogen-bond acceptors (Lipinski definition) is 5. The van der Waals surface area contributed by atoms with Crippen molar-refractivity contribution in [2.45, 2.75) is 56.4 Å². The lowest BCUT2D eigenvalue weighted by atomic mass is 9.89. The SMILES string of the molecule is CCCC(Nc1ccccc1)c1c(C=C2C(=O)Nc3ccc(S(N)(=O)=O)cc32)oc2c1CCCC2. The molecule has 0 saturated heterocycles. The minimum absolute atomic E-state index is 0.0135. The molecule has 7 nitrogen and oxygen atoms in total. The number of rotatable bonds is 7. The summed E-state index contributed by atoms with van der Waals surface area (Å²) in [4.78, 5) is 12.9. The average Bonchev–Trinajstić information content (AvgIpc) is 3.35. The van der Waals surface area contributed by atoms with Gasteiger partial charge < -0.3 is 15.1 Å². The highest BCUT2D eigenvalue weighted by molar-refractivity contribution is 7.89. The summed E-state index contributed by atoms with van der Waals surface area (Å²) >= 11 is 0. The van der Waals surface area contributed by atoms with Crippen LogP contribution in [0, 0.1) is 0 Å². The molecule has 182 valence electrons. The lowest BCUT2D eigenvalue weighted by Crippen LogP contribution is -2.14. The summed E-state index contributed by atoms with van der Waals surface area (Å²) in [5.41, 5.74) is 4.76. The van der Waals surface area contributed by atoms with Crippen molar-refractivity contribution in [3.63, 3.8) is 0 Å². The molecule has 3 aromatic rings. The zero-order valence-corrected chi connectivity index (χ0v) is 20.5. The number of anilines is 2. The average molecular weight is 492 g/mol. The number of benzene rings is 2. The van der Waals surface area contributed by atoms with E-state index in [-0.39, 0.29) is 16.8 Å². The number of para-hydroxylation sites is 1. The van der Waals surface area contributed by atoms with Crippen LogP contribution in [0.15, 0.2) is 57.8 Å². The van der Waals surface area contributed by atoms with Gasteiger partial charge in [0.2, 0.25) is 10.0 Å². The molecule has 1 amide bonds. The van der Waals surface area contributed by atoms with E-state index in [0.717, 1.165) is 55.5 Å². The number of nitrogens with two attached hydrogens (primary N) is 1. The number of aryl methyl sites for hydroxylation is 1. The van der Waals surface area contributed by atoms with Crippen molar-refractivity contribution in [3.05, 3.63) is 76.7 Å². The number of primary sulfonamides is 1. The number of fused-ring (bicyclic) bond motifs is 2. The molecular weight excluding hydrogens is 462 g/mol. The standard InChI is InChI=1S/C27H29N3O4S/c1-2-8-23(29-17-9-4-3-5-10-17)26-19-11-6-7-12-24(19)34-25(26)16-21-20-15-18(35(28,32)33)13-14-22(20)30-27(21)31/h3-5,9-10,13-16,23,29H,2,6-8,11-12H2,1H3,(H,30,31)(H2,28,32,33). The van der Waals surface area contributed by atoms with Gasteiger partial charge in [-0.15, -0.1) is 0 Å². The van der Waals surface area contributed by atoms with Crippen molar-refractivity contribution >= 4 is 39.0 Å². The molecule has 0 fully saturated rings. The van der Waals surface area contributed by atoms with Gasteiger partial charge in [-0.3, -0.25) is 4.79 Å². The van der Waals surface area contributed by atoms with Crippen LogP contribution < -0.4 is 15.8 Å². The normalized spacial score (nSPS) is 17.1. The van der Waals surface area contributed by atoms with E-state index >= 15 is 0 Å². The smallest absolute Gasteiger partial charge is 0.256 e. The van der Waals surface area contributed by atoms with Gasteiger partial charge in [-0.2, -0.15) is 0 Å². The Labute approximate surface area is 205 Å². The largest absolute Gasteiger partial charge is 0.461 e. The van der Waals surface area contributed by atoms with Gasteiger partial charge in [0.05, 0.1) is 16.5 Å². The van der Waals surface area contributed by atoms with Crippen LogP contribution >= 0.6 is 0 Å². The van der Waals surface area contributed by atoms with E-state index in [1.165, 1.54) is 17.7 Å². The van der Waals surface area contributed by atoms with Crippen molar-refractivity contribution < 1.29 is 17.6 Å². The Hall–Kier alpha value is -3.36. The first kappa shape index (κ1) is 23.4. The fraction of sp³-hybridized carbons (Fsp3) is 0.296. The fourth-order valence-corrected chi connectivity index (χ4v) is 5.57. The Kier molecular flexibility index (Phi) is 6.25. The van der Waals surface area contributed by atoms with Gasteiger partial charge >= 0.3 is 0 Å². The Morgan fingerprint density at radius 2 is 1.91 bits per heavy atom. The number of sulfonamides is 1. The molecular formula is C27H29N3O4S. The first-order valence-corrected chi connectivity index (χ1v) is 13.6. The topological polar surface area (TPSA) is 114 Å². The second-order valence-electron chi connectivity index (χ2n) is 9.10. The summed E-state index contributed by atoms with van der Waals surface area (Å²) in [6, 6.07) is 14.5. The van der Waals surface area contributed by atoms with E-state index in [2.05, 4.69) is 17.6 Å². The lowest BCUT2D eigenvalue weighted by Gasteiger charge is -2.22. The van der Waals surface area contributed by atoms with Crippen molar-refractivity contribution in [1.82, 2.24) is 0 Å². The van der Waals surface area contributed by atoms with Crippen LogP contribution in [-0.2, 0) is 27.7 Å². The van der Waals surface area contributed by atoms with Crippen LogP contribution in [0.3, 0.4) is 0 Å². The minimum Gasteiger partial charge on any atom is -0.461 e. The molecule has 0 radical (unpaired) electrons. The summed E-state index contributed by atoms with van der Waals surface area (Å²) in [6.45, 7) is 2.15. The van der Waals surface area contributed by atoms with Gasteiger partial charge in [-0.05, 0) is 67.7 Å². The predicted octanol–water partition coefficient (Wildman–Crippen LogP) is 5.25. The Morgan fingerprint density at radius 1 is 1.14 bits per heavy atom. The van der Waals surface area contributed by atoms with Crippen molar-refractivity contribution in [2.75, 3.05) is 10.6 Å². The fourth-order valence-electron chi connectivity index (χ4n) is 5.03. The molecule has 8 heteroatoms. The first-order valence-electron chi connectivity index (χ1n) is 12.0. The van der Waals surface area contributed by atoms with E-state index < -0.39 is 10.0 Å². The molecule has 2 aromatic carbocycles. The van der Waals surface area contributed by atoms with E-state index in [9.17, 15) is 13.2 Å². The molecule has 1 aliphatic carbocycles. The monoisotopic (exact) mass is 491 g/mol. The Morgan fingerprint density at radius 3 is 2.66 bits per heavy atom. The van der Waals surface area contributed by atoms with Gasteiger partial charge in [-0.25, -0.2) is 13.6 Å². The number of nitrogens with one attached hydrogen (secondary N) is 2. The Bertz CT molecular complexity index is 1410. The molecule has 1 unspecified atom stereocenters. The zero-order chi connectivity index (χ0) is 24.6. The van der Waals surface area contributed by atoms with Crippen LogP contribution in [0.1, 0.15) is 66.9 Å². The highest BCUT2D eigenvalue weighted by Gasteiger charge is 2.31. The maximum absolute atomic E-state index is 12.9. The third-order valence-corrected chi connectivity index (χ3v) is 7.57. The second-order valence-corrected chi connectivity index (χ2v) is 10.7. The third kappa shape index (κ3) is 4.63. The summed E-state index contributed by atoms with van der Waals surface area (Å²) < 4.78 is 30.2. The summed E-state index contributed by atoms with van der Waals surface area (Å²) in [5.74, 6) is 1.33. The third-order valence-electron chi connectivity index (χ3n) is 6.66. The first-order chi connectivity index (χ1) is 16.8. The molecule has 0 saturated carbocycles. The maximum Gasteiger partial charge on any atom is 0.256 e. The summed E-state index contributed by atoms with van der Waals surface area (Å²) in [7, 11) is -3.90. The minimum atomic E-state index is -3.90. The van der Waals surface area contributed by atoms with Crippen LogP contribution in [0.4, 0.5) is 11.4 Å². The van der Waals surface area contributed by atoms with Crippen LogP contribution in [0.2, 0.25) is 0 Å². The molecule has 2 heterocycles. The van der Waals surface area contributed by atoms with Crippen molar-refractivity contribution in [3.8, 4) is 0 Å². The molecule has 1 atom stereocenters. The number of furan rings is 1. The van der Waals surface area contributed by atoms with E-state index in [4.69, 9.17) is 9.56 Å². The van der Waals surface area contributed by atoms with Gasteiger partial charge in [0.25, 0.3) is 5.91 Å². The molecule has 1 aromatic heterocycles. The summed E-state index contributed by atoms with van der Waals surface area (Å²) in [5, 5.41) is 11.8. The summed E-state index contributed by atoms with van der Waals surface area (Å²) in [6.07, 6.45) is 7.61. The second kappa shape index (κ2) is 9.36. The lowest BCUT2D eigenvalue weighted by molar-refractivity contribution is -0.110. The van der Waals surface area contributed by atoms with E-state index in [0.29, 0.717) is 22.6 Å². The molecule has 0 spiro atoms. The number of carbonyl (C=O) groups is 1. The van der Waals surface area contributed by atoms with Gasteiger partial charge in [0.1, 0.15) is 11.5 Å². The number of carbonyl (C=O) groups excluding carboxylic acids is 1.